The molecule has 1 spiro atoms. The van der Waals surface area contributed by atoms with Crippen LogP contribution in [0.25, 0.3) is 0 Å². The molecule has 2 saturated heterocycles. The maximum Gasteiger partial charge on any atom is 0.412 e. The van der Waals surface area contributed by atoms with Crippen LogP contribution in [-0.4, -0.2) is 82.5 Å². The lowest BCUT2D eigenvalue weighted by molar-refractivity contribution is -0.170. The third-order valence-electron chi connectivity index (χ3n) is 7.68. The van der Waals surface area contributed by atoms with Gasteiger partial charge in [-0.25, -0.2) is 9.59 Å². The predicted octanol–water partition coefficient (Wildman–Crippen LogP) is 3.16. The number of urea groups is 1. The topological polar surface area (TPSA) is 114 Å². The number of amides is 5. The Morgan fingerprint density at radius 2 is 1.54 bits per heavy atom. The molecule has 10 nitrogen and oxygen atoms in total. The van der Waals surface area contributed by atoms with Crippen molar-refractivity contribution in [3.8, 4) is 0 Å². The minimum Gasteiger partial charge on any atom is -0.444 e. The molecule has 3 fully saturated rings. The zero-order chi connectivity index (χ0) is 27.5. The van der Waals surface area contributed by atoms with Gasteiger partial charge >= 0.3 is 12.1 Å². The molecule has 200 valence electrons. The SMILES string of the molecule is CN1C(=O)N(C)C(=O)C2(C1=O)[C@@H]([C@@H]1COC(C)(C)N1C(=O)OC(C)(C)C)CC(=O)C[C@H]2c1ccccc1. The second-order valence-corrected chi connectivity index (χ2v) is 11.6. The first-order chi connectivity index (χ1) is 17.1. The second-order valence-electron chi connectivity index (χ2n) is 11.6. The fraction of sp³-hybridized carbons (Fsp3) is 0.593. The zero-order valence-corrected chi connectivity index (χ0v) is 22.4. The van der Waals surface area contributed by atoms with Crippen LogP contribution in [0.1, 0.15) is 58.9 Å². The third-order valence-corrected chi connectivity index (χ3v) is 7.68. The number of ether oxygens (including phenoxy) is 2. The quantitative estimate of drug-likeness (QED) is 0.558. The van der Waals surface area contributed by atoms with Gasteiger partial charge in [0.05, 0.1) is 12.6 Å². The molecule has 4 rings (SSSR count). The highest BCUT2D eigenvalue weighted by Crippen LogP contribution is 2.56. The summed E-state index contributed by atoms with van der Waals surface area (Å²) >= 11 is 0. The second kappa shape index (κ2) is 8.93. The molecule has 0 N–H and O–H groups in total. The number of hydrogen-bond donors (Lipinski definition) is 0. The number of benzene rings is 1. The lowest BCUT2D eigenvalue weighted by Crippen LogP contribution is -2.71. The summed E-state index contributed by atoms with van der Waals surface area (Å²) in [4.78, 5) is 71.1. The first-order valence-electron chi connectivity index (χ1n) is 12.5. The number of carbonyl (C=O) groups excluding carboxylic acids is 5. The van der Waals surface area contributed by atoms with E-state index in [0.29, 0.717) is 5.56 Å². The molecule has 0 aromatic heterocycles. The van der Waals surface area contributed by atoms with Gasteiger partial charge in [0.2, 0.25) is 11.8 Å². The van der Waals surface area contributed by atoms with Crippen LogP contribution in [0.3, 0.4) is 0 Å². The number of rotatable bonds is 2. The molecule has 1 aromatic carbocycles. The first kappa shape index (κ1) is 26.8. The summed E-state index contributed by atoms with van der Waals surface area (Å²) in [5.74, 6) is -3.28. The number of hydrogen-bond acceptors (Lipinski definition) is 7. The summed E-state index contributed by atoms with van der Waals surface area (Å²) in [6.45, 7) is 8.62. The average Bonchev–Trinajstić information content (AvgIpc) is 3.14. The van der Waals surface area contributed by atoms with Gasteiger partial charge in [-0.1, -0.05) is 30.3 Å². The highest BCUT2D eigenvalue weighted by molar-refractivity contribution is 6.20. The van der Waals surface area contributed by atoms with Crippen molar-refractivity contribution in [3.05, 3.63) is 35.9 Å². The highest BCUT2D eigenvalue weighted by Gasteiger charge is 2.69. The van der Waals surface area contributed by atoms with Gasteiger partial charge in [-0.3, -0.25) is 29.1 Å². The van der Waals surface area contributed by atoms with Crippen LogP contribution in [0, 0.1) is 11.3 Å². The lowest BCUT2D eigenvalue weighted by atomic mass is 9.54. The zero-order valence-electron chi connectivity index (χ0n) is 22.4. The van der Waals surface area contributed by atoms with Gasteiger partial charge in [-0.15, -0.1) is 0 Å². The Balaban J connectivity index is 1.93. The number of barbiturate groups is 1. The molecule has 2 heterocycles. The largest absolute Gasteiger partial charge is 0.444 e. The Bertz CT molecular complexity index is 1120. The number of Topliss-reactive ketones (excluding diaryl/α,β-unsaturated/α-hetero) is 1. The Morgan fingerprint density at radius 3 is 2.08 bits per heavy atom. The van der Waals surface area contributed by atoms with Crippen LogP contribution >= 0.6 is 0 Å². The Labute approximate surface area is 216 Å². The van der Waals surface area contributed by atoms with Gasteiger partial charge in [0.15, 0.2) is 0 Å². The molecular weight excluding hydrogens is 478 g/mol. The number of ketones is 1. The molecule has 10 heteroatoms. The minimum atomic E-state index is -1.80. The predicted molar refractivity (Wildman–Crippen MR) is 132 cm³/mol. The van der Waals surface area contributed by atoms with Crippen molar-refractivity contribution in [1.82, 2.24) is 14.7 Å². The number of nitrogens with zero attached hydrogens (tertiary/aromatic N) is 3. The van der Waals surface area contributed by atoms with E-state index in [1.165, 1.54) is 19.0 Å². The lowest BCUT2D eigenvalue weighted by Gasteiger charge is -2.54. The Hall–Kier alpha value is -3.27. The van der Waals surface area contributed by atoms with E-state index in [1.807, 2.05) is 6.07 Å². The smallest absolute Gasteiger partial charge is 0.412 e. The summed E-state index contributed by atoms with van der Waals surface area (Å²) < 4.78 is 11.7. The van der Waals surface area contributed by atoms with Gasteiger partial charge in [0, 0.05) is 38.8 Å². The van der Waals surface area contributed by atoms with Crippen molar-refractivity contribution in [3.63, 3.8) is 0 Å². The monoisotopic (exact) mass is 513 g/mol. The van der Waals surface area contributed by atoms with Crippen LogP contribution in [0.2, 0.25) is 0 Å². The minimum absolute atomic E-state index is 0.00458. The molecule has 5 amide bonds. The molecule has 1 aromatic rings. The van der Waals surface area contributed by atoms with E-state index in [0.717, 1.165) is 9.80 Å². The molecule has 37 heavy (non-hydrogen) atoms. The molecule has 3 atom stereocenters. The van der Waals surface area contributed by atoms with Crippen molar-refractivity contribution in [2.75, 3.05) is 20.7 Å². The summed E-state index contributed by atoms with van der Waals surface area (Å²) in [6, 6.07) is 7.35. The highest BCUT2D eigenvalue weighted by atomic mass is 16.6. The van der Waals surface area contributed by atoms with E-state index in [2.05, 4.69) is 0 Å². The fourth-order valence-electron chi connectivity index (χ4n) is 6.10. The number of carbonyl (C=O) groups is 5. The van der Waals surface area contributed by atoms with Crippen molar-refractivity contribution >= 4 is 29.7 Å². The Morgan fingerprint density at radius 1 is 0.973 bits per heavy atom. The van der Waals surface area contributed by atoms with E-state index in [4.69, 9.17) is 9.47 Å². The maximum absolute atomic E-state index is 14.2. The van der Waals surface area contributed by atoms with E-state index in [1.54, 1.807) is 58.9 Å². The van der Waals surface area contributed by atoms with E-state index in [9.17, 15) is 24.0 Å². The summed E-state index contributed by atoms with van der Waals surface area (Å²) in [5.41, 5.74) is -3.09. The average molecular weight is 514 g/mol. The van der Waals surface area contributed by atoms with Gasteiger partial charge < -0.3 is 9.47 Å². The summed E-state index contributed by atoms with van der Waals surface area (Å²) in [6.07, 6.45) is -0.838. The van der Waals surface area contributed by atoms with E-state index >= 15 is 0 Å². The van der Waals surface area contributed by atoms with Crippen LogP contribution in [0.5, 0.6) is 0 Å². The van der Waals surface area contributed by atoms with Gasteiger partial charge in [-0.05, 0) is 40.2 Å². The van der Waals surface area contributed by atoms with Crippen LogP contribution < -0.4 is 0 Å². The molecular formula is C27H35N3O7. The number of imide groups is 2. The van der Waals surface area contributed by atoms with E-state index in [-0.39, 0.29) is 25.2 Å². The third kappa shape index (κ3) is 4.21. The van der Waals surface area contributed by atoms with Crippen molar-refractivity contribution in [2.45, 2.75) is 70.7 Å². The summed E-state index contributed by atoms with van der Waals surface area (Å²) in [7, 11) is 2.68. The molecule has 1 saturated carbocycles. The Kier molecular flexibility index (Phi) is 6.47. The molecule has 2 aliphatic heterocycles. The van der Waals surface area contributed by atoms with Crippen LogP contribution in [0.4, 0.5) is 9.59 Å². The molecule has 1 aliphatic carbocycles. The van der Waals surface area contributed by atoms with Crippen molar-refractivity contribution < 1.29 is 33.4 Å². The standard InChI is InChI=1S/C27H35N3O7/c1-25(2,3)37-24(35)30-20(15-36-26(30,4)5)19-14-17(31)13-18(16-11-9-8-10-12-16)27(19)21(32)28(6)23(34)29(7)22(27)33/h8-12,18-20H,13-15H2,1-7H3/t18-,19+,20-/m0/s1. The van der Waals surface area contributed by atoms with Crippen molar-refractivity contribution in [1.29, 1.82) is 0 Å². The molecule has 0 unspecified atom stereocenters. The van der Waals surface area contributed by atoms with Gasteiger partial charge in [0.25, 0.3) is 0 Å². The molecule has 0 radical (unpaired) electrons. The first-order valence-corrected chi connectivity index (χ1v) is 12.5. The van der Waals surface area contributed by atoms with Gasteiger partial charge in [-0.2, -0.15) is 0 Å². The molecule has 3 aliphatic rings. The normalized spacial score (nSPS) is 27.8. The van der Waals surface area contributed by atoms with Gasteiger partial charge in [0.1, 0.15) is 22.5 Å². The fourth-order valence-corrected chi connectivity index (χ4v) is 6.10. The van der Waals surface area contributed by atoms with Crippen LogP contribution in [-0.2, 0) is 23.9 Å². The maximum atomic E-state index is 14.2. The van der Waals surface area contributed by atoms with Crippen LogP contribution in [0.15, 0.2) is 30.3 Å². The van der Waals surface area contributed by atoms with Crippen molar-refractivity contribution in [2.24, 2.45) is 11.3 Å². The summed E-state index contributed by atoms with van der Waals surface area (Å²) in [5, 5.41) is 0. The van der Waals surface area contributed by atoms with E-state index < -0.39 is 58.6 Å². The molecule has 0 bridgehead atoms.